The van der Waals surface area contributed by atoms with E-state index in [0.29, 0.717) is 16.9 Å². The van der Waals surface area contributed by atoms with Gasteiger partial charge in [-0.3, -0.25) is 5.10 Å². The molecule has 5 heterocycles. The van der Waals surface area contributed by atoms with Crippen LogP contribution < -0.4 is 20.1 Å². The Morgan fingerprint density at radius 2 is 2.00 bits per heavy atom. The Morgan fingerprint density at radius 1 is 1.23 bits per heavy atom. The zero-order valence-corrected chi connectivity index (χ0v) is 27.1. The number of nitrogens with one attached hydrogen (secondary N) is 1. The van der Waals surface area contributed by atoms with Gasteiger partial charge >= 0.3 is 12.2 Å². The average Bonchev–Trinajstić information content (AvgIpc) is 3.65. The molecule has 0 unspecified atom stereocenters. The molecule has 3 N–H and O–H groups in total. The van der Waals surface area contributed by atoms with E-state index in [9.17, 15) is 13.2 Å². The van der Waals surface area contributed by atoms with Gasteiger partial charge in [-0.05, 0) is 65.4 Å². The van der Waals surface area contributed by atoms with Crippen LogP contribution in [0.1, 0.15) is 49.4 Å². The first-order valence-corrected chi connectivity index (χ1v) is 15.6. The predicted octanol–water partition coefficient (Wildman–Crippen LogP) is 6.08. The number of halogens is 4. The molecule has 7 rings (SSSR count). The number of benzene rings is 1. The quantitative estimate of drug-likeness (QED) is 0.188. The Labute approximate surface area is 273 Å². The highest BCUT2D eigenvalue weighted by Gasteiger charge is 2.45. The lowest BCUT2D eigenvalue weighted by molar-refractivity contribution is -0.137. The Bertz CT molecular complexity index is 2040. The Kier molecular flexibility index (Phi) is 7.57. The Balaban J connectivity index is 1.49. The summed E-state index contributed by atoms with van der Waals surface area (Å²) in [5.41, 5.74) is 4.74. The van der Waals surface area contributed by atoms with Crippen LogP contribution in [0.3, 0.4) is 0 Å². The summed E-state index contributed by atoms with van der Waals surface area (Å²) in [5, 5.41) is 6.81. The number of nitrogens with two attached hydrogens (primary N) is 1. The number of aromatic amines is 1. The molecule has 1 saturated carbocycles. The molecule has 0 spiro atoms. The molecule has 11 nitrogen and oxygen atoms in total. The monoisotopic (exact) mass is 665 g/mol. The molecule has 1 aliphatic carbocycles. The molecule has 0 saturated heterocycles. The van der Waals surface area contributed by atoms with Crippen molar-refractivity contribution in [2.75, 3.05) is 44.5 Å². The van der Waals surface area contributed by atoms with E-state index in [0.717, 1.165) is 19.4 Å². The summed E-state index contributed by atoms with van der Waals surface area (Å²) in [7, 11) is 3.96. The van der Waals surface area contributed by atoms with Crippen LogP contribution >= 0.6 is 0 Å². The molecule has 252 valence electrons. The van der Waals surface area contributed by atoms with Crippen molar-refractivity contribution in [3.63, 3.8) is 0 Å². The van der Waals surface area contributed by atoms with Gasteiger partial charge in [0.25, 0.3) is 0 Å². The van der Waals surface area contributed by atoms with Gasteiger partial charge in [0.2, 0.25) is 5.88 Å². The van der Waals surface area contributed by atoms with Crippen molar-refractivity contribution in [3.05, 3.63) is 53.1 Å². The molecule has 0 amide bonds. The number of nitrogens with zero attached hydrogens (tertiary/aromatic N) is 7. The average molecular weight is 666 g/mol. The topological polar surface area (TPSA) is 131 Å². The lowest BCUT2D eigenvalue weighted by Crippen LogP contribution is -2.39. The zero-order chi connectivity index (χ0) is 34.1. The number of pyridine rings is 2. The van der Waals surface area contributed by atoms with E-state index in [4.69, 9.17) is 20.2 Å². The van der Waals surface area contributed by atoms with Crippen molar-refractivity contribution in [3.8, 4) is 23.1 Å². The Hall–Kier alpha value is -4.79. The Morgan fingerprint density at radius 3 is 2.69 bits per heavy atom. The lowest BCUT2D eigenvalue weighted by atomic mass is 9.94. The maximum Gasteiger partial charge on any atom is 0.417 e. The van der Waals surface area contributed by atoms with Crippen molar-refractivity contribution < 1.29 is 27.0 Å². The minimum absolute atomic E-state index is 0.0528. The van der Waals surface area contributed by atoms with Gasteiger partial charge < -0.3 is 25.0 Å². The van der Waals surface area contributed by atoms with Crippen LogP contribution in [0, 0.1) is 18.2 Å². The molecule has 0 radical (unpaired) electrons. The lowest BCUT2D eigenvalue weighted by Gasteiger charge is -2.35. The van der Waals surface area contributed by atoms with Gasteiger partial charge in [0.05, 0.1) is 36.0 Å². The second kappa shape index (κ2) is 11.4. The van der Waals surface area contributed by atoms with E-state index in [1.54, 1.807) is 12.3 Å². The molecule has 48 heavy (non-hydrogen) atoms. The maximum atomic E-state index is 17.1. The van der Waals surface area contributed by atoms with Crippen molar-refractivity contribution in [1.29, 1.82) is 0 Å². The van der Waals surface area contributed by atoms with Crippen LogP contribution in [0.4, 0.5) is 29.2 Å². The number of ether oxygens (including phenoxy) is 2. The van der Waals surface area contributed by atoms with E-state index in [-0.39, 0.29) is 64.2 Å². The predicted molar refractivity (Wildman–Crippen MR) is 172 cm³/mol. The van der Waals surface area contributed by atoms with Crippen molar-refractivity contribution >= 4 is 33.4 Å². The number of rotatable bonds is 8. The van der Waals surface area contributed by atoms with Crippen LogP contribution in [0.15, 0.2) is 30.6 Å². The van der Waals surface area contributed by atoms with Gasteiger partial charge in [0.1, 0.15) is 34.8 Å². The first kappa shape index (κ1) is 31.8. The molecule has 1 aliphatic heterocycles. The molecule has 0 bridgehead atoms. The highest BCUT2D eigenvalue weighted by molar-refractivity contribution is 6.02. The number of H-pyrrole nitrogens is 1. The highest BCUT2D eigenvalue weighted by Crippen LogP contribution is 2.49. The number of fused-ring (bicyclic) bond motifs is 1. The number of aromatic nitrogens is 6. The summed E-state index contributed by atoms with van der Waals surface area (Å²) < 4.78 is 73.5. The molecular formula is C33H35F4N9O2. The minimum Gasteiger partial charge on any atom is -0.475 e. The fourth-order valence-electron chi connectivity index (χ4n) is 6.86. The fourth-order valence-corrected chi connectivity index (χ4v) is 6.86. The summed E-state index contributed by atoms with van der Waals surface area (Å²) in [6.45, 7) is 6.24. The smallest absolute Gasteiger partial charge is 0.417 e. The van der Waals surface area contributed by atoms with E-state index < -0.39 is 34.9 Å². The van der Waals surface area contributed by atoms with E-state index >= 15 is 4.39 Å². The second-order valence-electron chi connectivity index (χ2n) is 13.2. The van der Waals surface area contributed by atoms with E-state index in [1.165, 1.54) is 19.2 Å². The van der Waals surface area contributed by atoms with Crippen LogP contribution in [0.5, 0.6) is 11.9 Å². The van der Waals surface area contributed by atoms with Gasteiger partial charge in [-0.1, -0.05) is 6.07 Å². The molecule has 5 aromatic rings. The normalized spacial score (nSPS) is 17.9. The molecule has 1 aromatic carbocycles. The minimum atomic E-state index is -4.83. The van der Waals surface area contributed by atoms with Gasteiger partial charge in [0.15, 0.2) is 5.82 Å². The first-order valence-electron chi connectivity index (χ1n) is 15.6. The number of anilines is 2. The van der Waals surface area contributed by atoms with Gasteiger partial charge in [-0.15, -0.1) is 0 Å². The second-order valence-corrected chi connectivity index (χ2v) is 13.2. The summed E-state index contributed by atoms with van der Waals surface area (Å²) in [6.07, 6.45) is -0.123. The third kappa shape index (κ3) is 5.39. The number of aryl methyl sites for hydroxylation is 1. The molecule has 4 aromatic heterocycles. The van der Waals surface area contributed by atoms with E-state index in [2.05, 4.69) is 30.0 Å². The first-order chi connectivity index (χ1) is 22.8. The van der Waals surface area contributed by atoms with Crippen LogP contribution in [0.2, 0.25) is 0 Å². The molecule has 1 fully saturated rings. The standard InChI is InChI=1S/C33H35F4N9O2/c1-16-11-21-20(12-40-44-21)22(24(16)33(35,36)37)26-25(34)27-23-29(43-31(42-27)48-15-32(8-9-32)14-45(4)5)46(17(2)13-47-30(23)41-26)18(3)19-7-6-10-39-28(19)38/h6-7,10-12,17-18H,8-9,13-15H2,1-5H3,(H2,38,39)(H,40,44)/t17-,18+/m0/s1. The number of alkyl halides is 3. The van der Waals surface area contributed by atoms with Gasteiger partial charge in [0, 0.05) is 34.7 Å². The van der Waals surface area contributed by atoms with Gasteiger partial charge in [-0.2, -0.15) is 28.2 Å². The van der Waals surface area contributed by atoms with Crippen LogP contribution in [0.25, 0.3) is 33.1 Å². The third-order valence-corrected chi connectivity index (χ3v) is 9.21. The van der Waals surface area contributed by atoms with Crippen molar-refractivity contribution in [2.45, 2.75) is 51.9 Å². The number of nitrogen functional groups attached to an aromatic ring is 1. The van der Waals surface area contributed by atoms with Crippen LogP contribution in [-0.4, -0.2) is 74.9 Å². The van der Waals surface area contributed by atoms with Gasteiger partial charge in [-0.25, -0.2) is 14.4 Å². The SMILES string of the molecule is Cc1cc2[nH]ncc2c(-c2nc3c4c(nc(OCC5(CN(C)C)CC5)nc4c2F)N([C@H](C)c2cccnc2N)[C@@H](C)CO3)c1C(F)(F)F. The van der Waals surface area contributed by atoms with E-state index in [1.807, 2.05) is 38.9 Å². The van der Waals surface area contributed by atoms with Crippen LogP contribution in [-0.2, 0) is 6.18 Å². The summed E-state index contributed by atoms with van der Waals surface area (Å²) in [4.78, 5) is 22.0. The fraction of sp³-hybridized carbons (Fsp3) is 0.424. The van der Waals surface area contributed by atoms with Crippen molar-refractivity contribution in [1.82, 2.24) is 35.0 Å². The molecular weight excluding hydrogens is 630 g/mol. The zero-order valence-electron chi connectivity index (χ0n) is 27.1. The molecule has 2 atom stereocenters. The summed E-state index contributed by atoms with van der Waals surface area (Å²) in [5.74, 6) is -0.593. The summed E-state index contributed by atoms with van der Waals surface area (Å²) in [6, 6.07) is 4.03. The molecule has 2 aliphatic rings. The van der Waals surface area contributed by atoms with Crippen molar-refractivity contribution in [2.24, 2.45) is 5.41 Å². The maximum absolute atomic E-state index is 17.1. The number of hydrogen-bond donors (Lipinski definition) is 2. The molecule has 15 heteroatoms. The summed E-state index contributed by atoms with van der Waals surface area (Å²) >= 11 is 0. The largest absolute Gasteiger partial charge is 0.475 e. The number of hydrogen-bond acceptors (Lipinski definition) is 10. The third-order valence-electron chi connectivity index (χ3n) is 9.21. The highest BCUT2D eigenvalue weighted by atomic mass is 19.4.